The van der Waals surface area contributed by atoms with E-state index in [1.165, 1.54) is 0 Å². The lowest BCUT2D eigenvalue weighted by atomic mass is 9.95. The van der Waals surface area contributed by atoms with Crippen LogP contribution in [0.5, 0.6) is 5.75 Å². The third-order valence-corrected chi connectivity index (χ3v) is 5.61. The number of aliphatic hydroxyl groups excluding tert-OH is 1. The maximum atomic E-state index is 12.5. The maximum absolute atomic E-state index is 12.5. The fourth-order valence-electron chi connectivity index (χ4n) is 3.76. The van der Waals surface area contributed by atoms with Crippen LogP contribution in [0.4, 0.5) is 10.5 Å². The Labute approximate surface area is 186 Å². The molecule has 1 aromatic heterocycles. The van der Waals surface area contributed by atoms with Crippen molar-refractivity contribution in [2.45, 2.75) is 43.9 Å². The van der Waals surface area contributed by atoms with Crippen LogP contribution < -0.4 is 15.8 Å². The van der Waals surface area contributed by atoms with E-state index in [1.807, 2.05) is 42.5 Å². The van der Waals surface area contributed by atoms with E-state index in [1.54, 1.807) is 18.5 Å². The predicted molar refractivity (Wildman–Crippen MR) is 121 cm³/mol. The van der Waals surface area contributed by atoms with Gasteiger partial charge in [0.2, 0.25) is 0 Å². The van der Waals surface area contributed by atoms with Crippen LogP contribution >= 0.6 is 0 Å². The first-order valence-electron chi connectivity index (χ1n) is 10.8. The molecule has 0 bridgehead atoms. The number of amides is 1. The van der Waals surface area contributed by atoms with Gasteiger partial charge in [0.05, 0.1) is 30.1 Å². The third kappa shape index (κ3) is 5.66. The lowest BCUT2D eigenvalue weighted by Gasteiger charge is -2.27. The molecule has 1 amide bonds. The van der Waals surface area contributed by atoms with E-state index >= 15 is 0 Å². The number of benzene rings is 2. The van der Waals surface area contributed by atoms with Crippen molar-refractivity contribution < 1.29 is 19.4 Å². The second-order valence-corrected chi connectivity index (χ2v) is 7.99. The minimum atomic E-state index is -0.601. The van der Waals surface area contributed by atoms with E-state index in [0.717, 1.165) is 29.5 Å². The van der Waals surface area contributed by atoms with E-state index in [9.17, 15) is 9.90 Å². The molecular formula is C24H28N4O4. The van der Waals surface area contributed by atoms with Crippen LogP contribution in [0, 0.1) is 0 Å². The number of ether oxygens (including phenoxy) is 2. The molecular weight excluding hydrogens is 408 g/mol. The Morgan fingerprint density at radius 2 is 1.94 bits per heavy atom. The summed E-state index contributed by atoms with van der Waals surface area (Å²) >= 11 is 0. The molecule has 1 unspecified atom stereocenters. The van der Waals surface area contributed by atoms with E-state index in [2.05, 4.69) is 15.5 Å². The number of carbonyl (C=O) groups excluding carboxylic acids is 1. The molecule has 1 aliphatic rings. The number of aliphatic hydroxyl groups is 1. The first-order chi connectivity index (χ1) is 15.6. The Hall–Kier alpha value is -3.36. The second-order valence-electron chi connectivity index (χ2n) is 7.99. The van der Waals surface area contributed by atoms with Gasteiger partial charge in [-0.1, -0.05) is 36.4 Å². The maximum Gasteiger partial charge on any atom is 0.411 e. The molecule has 4 rings (SSSR count). The van der Waals surface area contributed by atoms with Crippen molar-refractivity contribution in [1.29, 1.82) is 0 Å². The number of anilines is 1. The van der Waals surface area contributed by atoms with E-state index in [0.29, 0.717) is 24.3 Å². The first kappa shape index (κ1) is 21.9. The number of hydrogen-bond acceptors (Lipinski definition) is 6. The summed E-state index contributed by atoms with van der Waals surface area (Å²) < 4.78 is 11.6. The monoisotopic (exact) mass is 436 g/mol. The summed E-state index contributed by atoms with van der Waals surface area (Å²) in [5.74, 6) is 0.550. The van der Waals surface area contributed by atoms with Crippen LogP contribution in [0.3, 0.4) is 0 Å². The Balaban J connectivity index is 1.44. The molecule has 1 atom stereocenters. The fraction of sp³-hybridized carbons (Fsp3) is 0.333. The molecule has 1 heterocycles. The van der Waals surface area contributed by atoms with Crippen molar-refractivity contribution in [3.8, 4) is 16.9 Å². The van der Waals surface area contributed by atoms with Gasteiger partial charge in [0.25, 0.3) is 0 Å². The number of nitrogens with zero attached hydrogens (tertiary/aromatic N) is 1. The van der Waals surface area contributed by atoms with Crippen molar-refractivity contribution in [2.75, 3.05) is 11.9 Å². The molecule has 8 heteroatoms. The van der Waals surface area contributed by atoms with Crippen LogP contribution in [-0.2, 0) is 4.74 Å². The van der Waals surface area contributed by atoms with Crippen LogP contribution in [0.2, 0.25) is 0 Å². The van der Waals surface area contributed by atoms with Gasteiger partial charge >= 0.3 is 6.09 Å². The normalized spacial score (nSPS) is 19.2. The molecule has 3 aromatic rings. The number of H-pyrrole nitrogens is 1. The quantitative estimate of drug-likeness (QED) is 0.444. The Morgan fingerprint density at radius 1 is 1.16 bits per heavy atom. The van der Waals surface area contributed by atoms with Crippen LogP contribution in [0.15, 0.2) is 60.9 Å². The van der Waals surface area contributed by atoms with Gasteiger partial charge in [-0.25, -0.2) is 4.79 Å². The van der Waals surface area contributed by atoms with Gasteiger partial charge in [0.1, 0.15) is 12.4 Å². The topological polar surface area (TPSA) is 122 Å². The molecule has 8 nitrogen and oxygen atoms in total. The van der Waals surface area contributed by atoms with Gasteiger partial charge < -0.3 is 20.3 Å². The van der Waals surface area contributed by atoms with Crippen LogP contribution in [0.1, 0.15) is 37.3 Å². The summed E-state index contributed by atoms with van der Waals surface area (Å²) in [6, 6.07) is 14.6. The number of aromatic nitrogens is 2. The van der Waals surface area contributed by atoms with Gasteiger partial charge in [0, 0.05) is 11.8 Å². The zero-order valence-corrected chi connectivity index (χ0v) is 17.7. The third-order valence-electron chi connectivity index (χ3n) is 5.61. The summed E-state index contributed by atoms with van der Waals surface area (Å²) in [5, 5.41) is 19.3. The van der Waals surface area contributed by atoms with Gasteiger partial charge in [-0.3, -0.25) is 10.4 Å². The summed E-state index contributed by atoms with van der Waals surface area (Å²) in [6.07, 6.45) is 5.54. The molecule has 2 aromatic carbocycles. The largest absolute Gasteiger partial charge is 0.488 e. The van der Waals surface area contributed by atoms with Gasteiger partial charge in [-0.05, 0) is 48.9 Å². The van der Waals surface area contributed by atoms with Crippen molar-refractivity contribution in [3.63, 3.8) is 0 Å². The van der Waals surface area contributed by atoms with E-state index in [-0.39, 0.29) is 18.8 Å². The zero-order chi connectivity index (χ0) is 22.3. The van der Waals surface area contributed by atoms with Gasteiger partial charge in [-0.15, -0.1) is 0 Å². The smallest absolute Gasteiger partial charge is 0.411 e. The molecule has 1 fully saturated rings. The van der Waals surface area contributed by atoms with Crippen LogP contribution in [0.25, 0.3) is 11.1 Å². The molecule has 1 aliphatic carbocycles. The summed E-state index contributed by atoms with van der Waals surface area (Å²) in [7, 11) is 0. The number of aromatic amines is 1. The highest BCUT2D eigenvalue weighted by Gasteiger charge is 2.22. The Bertz CT molecular complexity index is 1000. The van der Waals surface area contributed by atoms with Crippen molar-refractivity contribution in [2.24, 2.45) is 5.73 Å². The summed E-state index contributed by atoms with van der Waals surface area (Å²) in [5.41, 5.74) is 9.35. The fourth-order valence-corrected chi connectivity index (χ4v) is 3.76. The molecule has 5 N–H and O–H groups in total. The lowest BCUT2D eigenvalue weighted by molar-refractivity contribution is 0.0669. The van der Waals surface area contributed by atoms with Crippen molar-refractivity contribution >= 4 is 11.8 Å². The van der Waals surface area contributed by atoms with Crippen molar-refractivity contribution in [1.82, 2.24) is 10.2 Å². The van der Waals surface area contributed by atoms with Crippen LogP contribution in [-0.4, -0.2) is 40.2 Å². The van der Waals surface area contributed by atoms with Crippen molar-refractivity contribution in [3.05, 3.63) is 66.5 Å². The lowest BCUT2D eigenvalue weighted by Crippen LogP contribution is -2.27. The highest BCUT2D eigenvalue weighted by molar-refractivity contribution is 5.87. The molecule has 0 radical (unpaired) electrons. The van der Waals surface area contributed by atoms with Gasteiger partial charge in [0.15, 0.2) is 0 Å². The minimum absolute atomic E-state index is 0.0268. The molecule has 1 saturated carbocycles. The molecule has 0 aliphatic heterocycles. The number of carbonyl (C=O) groups is 1. The molecule has 168 valence electrons. The average molecular weight is 437 g/mol. The summed E-state index contributed by atoms with van der Waals surface area (Å²) in [4.78, 5) is 12.5. The highest BCUT2D eigenvalue weighted by atomic mass is 16.5. The average Bonchev–Trinajstić information content (AvgIpc) is 3.36. The summed E-state index contributed by atoms with van der Waals surface area (Å²) in [6.45, 7) is 0.0552. The SMILES string of the molecule is NC(COC(=O)Nc1ccc(-c2cn[nH]c2)cc1OC1CCC(O)CC1)c1ccccc1. The Morgan fingerprint density at radius 3 is 2.66 bits per heavy atom. The molecule has 0 spiro atoms. The number of rotatable bonds is 7. The van der Waals surface area contributed by atoms with E-state index in [4.69, 9.17) is 15.2 Å². The van der Waals surface area contributed by atoms with E-state index < -0.39 is 12.1 Å². The molecule has 32 heavy (non-hydrogen) atoms. The van der Waals surface area contributed by atoms with Gasteiger partial charge in [-0.2, -0.15) is 5.10 Å². The number of nitrogens with two attached hydrogens (primary N) is 1. The zero-order valence-electron chi connectivity index (χ0n) is 17.7. The molecule has 0 saturated heterocycles. The Kier molecular flexibility index (Phi) is 7.03. The minimum Gasteiger partial charge on any atom is -0.488 e. The standard InChI is InChI=1S/C24H28N4O4/c25-21(16-4-2-1-3-5-16)15-31-24(30)28-22-11-6-17(18-13-26-27-14-18)12-23(22)32-20-9-7-19(29)8-10-20/h1-6,11-14,19-21,29H,7-10,15,25H2,(H,26,27)(H,28,30). The predicted octanol–water partition coefficient (Wildman–Crippen LogP) is 4.01. The number of hydrogen-bond donors (Lipinski definition) is 4. The first-order valence-corrected chi connectivity index (χ1v) is 10.8. The highest BCUT2D eigenvalue weighted by Crippen LogP contribution is 2.34. The second kappa shape index (κ2) is 10.3. The number of nitrogens with one attached hydrogen (secondary N) is 2.